The number of fused-ring (bicyclic) bond motifs is 1. The summed E-state index contributed by atoms with van der Waals surface area (Å²) in [5, 5.41) is 0. The van der Waals surface area contributed by atoms with Gasteiger partial charge in [0.2, 0.25) is 0 Å². The third-order valence-corrected chi connectivity index (χ3v) is 3.14. The summed E-state index contributed by atoms with van der Waals surface area (Å²) in [6.07, 6.45) is -1.46. The molecule has 0 aliphatic carbocycles. The summed E-state index contributed by atoms with van der Waals surface area (Å²) in [4.78, 5) is 0. The van der Waals surface area contributed by atoms with Gasteiger partial charge < -0.3 is 4.57 Å². The standard InChI is InChI=1S/C12H16F3N/c1-8(2)11-10(12(13,14)15)7-9-5-3-4-6-16(9)11/h7-8H,3-6H2,1-2H3. The summed E-state index contributed by atoms with van der Waals surface area (Å²) >= 11 is 0. The van der Waals surface area contributed by atoms with E-state index < -0.39 is 11.7 Å². The molecule has 1 aliphatic heterocycles. The molecule has 0 radical (unpaired) electrons. The molecule has 1 aromatic heterocycles. The van der Waals surface area contributed by atoms with Crippen LogP contribution in [-0.4, -0.2) is 4.57 Å². The zero-order valence-electron chi connectivity index (χ0n) is 9.56. The summed E-state index contributed by atoms with van der Waals surface area (Å²) in [7, 11) is 0. The Bertz CT molecular complexity index is 388. The number of halogens is 3. The highest BCUT2D eigenvalue weighted by Gasteiger charge is 2.37. The Balaban J connectivity index is 2.56. The van der Waals surface area contributed by atoms with E-state index in [1.807, 2.05) is 18.4 Å². The first-order valence-corrected chi connectivity index (χ1v) is 5.70. The van der Waals surface area contributed by atoms with Gasteiger partial charge in [-0.05, 0) is 31.2 Å². The lowest BCUT2D eigenvalue weighted by atomic mass is 10.1. The van der Waals surface area contributed by atoms with E-state index in [-0.39, 0.29) is 5.92 Å². The Labute approximate surface area is 93.3 Å². The molecule has 0 atom stereocenters. The van der Waals surface area contributed by atoms with Gasteiger partial charge in [-0.2, -0.15) is 13.2 Å². The van der Waals surface area contributed by atoms with Crippen LogP contribution in [0.2, 0.25) is 0 Å². The average Bonchev–Trinajstić information content (AvgIpc) is 2.55. The molecule has 0 fully saturated rings. The summed E-state index contributed by atoms with van der Waals surface area (Å²) < 4.78 is 40.5. The van der Waals surface area contributed by atoms with Gasteiger partial charge in [-0.3, -0.25) is 0 Å². The second-order valence-electron chi connectivity index (χ2n) is 4.70. The Morgan fingerprint density at radius 2 is 1.94 bits per heavy atom. The Morgan fingerprint density at radius 1 is 1.25 bits per heavy atom. The molecule has 1 nitrogen and oxygen atoms in total. The van der Waals surface area contributed by atoms with E-state index in [4.69, 9.17) is 0 Å². The molecular weight excluding hydrogens is 215 g/mol. The van der Waals surface area contributed by atoms with Crippen LogP contribution in [0.1, 0.15) is 49.6 Å². The SMILES string of the molecule is CC(C)c1c(C(F)(F)F)cc2n1CCCC2. The van der Waals surface area contributed by atoms with Gasteiger partial charge in [0.1, 0.15) is 0 Å². The highest BCUT2D eigenvalue weighted by Crippen LogP contribution is 2.38. The number of aromatic nitrogens is 1. The normalized spacial score (nSPS) is 16.6. The first-order valence-electron chi connectivity index (χ1n) is 5.70. The molecule has 1 aromatic rings. The number of nitrogens with zero attached hydrogens (tertiary/aromatic N) is 1. The minimum absolute atomic E-state index is 0.0801. The Kier molecular flexibility index (Phi) is 2.76. The van der Waals surface area contributed by atoms with Crippen molar-refractivity contribution in [2.45, 2.75) is 51.7 Å². The van der Waals surface area contributed by atoms with Crippen LogP contribution in [-0.2, 0) is 19.1 Å². The van der Waals surface area contributed by atoms with Crippen molar-refractivity contribution >= 4 is 0 Å². The van der Waals surface area contributed by atoms with Gasteiger partial charge in [0, 0.05) is 17.9 Å². The number of aryl methyl sites for hydroxylation is 1. The van der Waals surface area contributed by atoms with Gasteiger partial charge in [-0.1, -0.05) is 13.8 Å². The fourth-order valence-corrected chi connectivity index (χ4v) is 2.52. The molecule has 0 aromatic carbocycles. The third kappa shape index (κ3) is 1.85. The van der Waals surface area contributed by atoms with Crippen molar-refractivity contribution in [1.29, 1.82) is 0 Å². The smallest absolute Gasteiger partial charge is 0.348 e. The molecule has 0 saturated heterocycles. The summed E-state index contributed by atoms with van der Waals surface area (Å²) in [5.41, 5.74) is 0.879. The van der Waals surface area contributed by atoms with E-state index in [1.54, 1.807) is 0 Å². The van der Waals surface area contributed by atoms with E-state index in [2.05, 4.69) is 0 Å². The van der Waals surface area contributed by atoms with Gasteiger partial charge in [-0.15, -0.1) is 0 Å². The predicted octanol–water partition coefficient (Wildman–Crippen LogP) is 3.97. The first kappa shape index (κ1) is 11.6. The second kappa shape index (κ2) is 3.82. The number of hydrogen-bond acceptors (Lipinski definition) is 0. The average molecular weight is 231 g/mol. The number of rotatable bonds is 1. The van der Waals surface area contributed by atoms with Crippen molar-refractivity contribution < 1.29 is 13.2 Å². The molecule has 16 heavy (non-hydrogen) atoms. The molecule has 90 valence electrons. The van der Waals surface area contributed by atoms with Crippen molar-refractivity contribution in [3.8, 4) is 0 Å². The molecule has 1 aliphatic rings. The number of alkyl halides is 3. The highest BCUT2D eigenvalue weighted by molar-refractivity contribution is 5.33. The maximum Gasteiger partial charge on any atom is 0.418 e. The lowest BCUT2D eigenvalue weighted by molar-refractivity contribution is -0.138. The van der Waals surface area contributed by atoms with E-state index in [9.17, 15) is 13.2 Å². The molecule has 0 saturated carbocycles. The zero-order chi connectivity index (χ0) is 11.9. The summed E-state index contributed by atoms with van der Waals surface area (Å²) in [5.74, 6) is -0.0801. The first-order chi connectivity index (χ1) is 7.41. The topological polar surface area (TPSA) is 4.93 Å². The summed E-state index contributed by atoms with van der Waals surface area (Å²) in [6, 6.07) is 1.34. The fraction of sp³-hybridized carbons (Fsp3) is 0.667. The fourth-order valence-electron chi connectivity index (χ4n) is 2.52. The van der Waals surface area contributed by atoms with Crippen LogP contribution in [0.3, 0.4) is 0 Å². The van der Waals surface area contributed by atoms with Crippen molar-refractivity contribution in [3.63, 3.8) is 0 Å². The van der Waals surface area contributed by atoms with Gasteiger partial charge in [0.15, 0.2) is 0 Å². The minimum Gasteiger partial charge on any atom is -0.348 e. The van der Waals surface area contributed by atoms with Crippen LogP contribution in [0.25, 0.3) is 0 Å². The maximum atomic E-state index is 12.9. The Hall–Kier alpha value is -0.930. The van der Waals surface area contributed by atoms with E-state index in [1.165, 1.54) is 6.07 Å². The van der Waals surface area contributed by atoms with Gasteiger partial charge >= 0.3 is 6.18 Å². The van der Waals surface area contributed by atoms with Crippen LogP contribution in [0, 0.1) is 0 Å². The number of hydrogen-bond donors (Lipinski definition) is 0. The third-order valence-electron chi connectivity index (χ3n) is 3.14. The van der Waals surface area contributed by atoms with E-state index in [0.717, 1.165) is 31.5 Å². The lowest BCUT2D eigenvalue weighted by Crippen LogP contribution is -2.15. The largest absolute Gasteiger partial charge is 0.418 e. The predicted molar refractivity (Wildman–Crippen MR) is 56.5 cm³/mol. The van der Waals surface area contributed by atoms with Crippen LogP contribution in [0.5, 0.6) is 0 Å². The van der Waals surface area contributed by atoms with Crippen LogP contribution >= 0.6 is 0 Å². The van der Waals surface area contributed by atoms with Gasteiger partial charge in [0.05, 0.1) is 5.56 Å². The lowest BCUT2D eigenvalue weighted by Gasteiger charge is -2.20. The van der Waals surface area contributed by atoms with E-state index in [0.29, 0.717) is 5.69 Å². The van der Waals surface area contributed by atoms with E-state index >= 15 is 0 Å². The Morgan fingerprint density at radius 3 is 2.50 bits per heavy atom. The van der Waals surface area contributed by atoms with Crippen molar-refractivity contribution in [1.82, 2.24) is 4.57 Å². The molecule has 2 heterocycles. The second-order valence-corrected chi connectivity index (χ2v) is 4.70. The van der Waals surface area contributed by atoms with Crippen molar-refractivity contribution in [3.05, 3.63) is 23.0 Å². The van der Waals surface area contributed by atoms with Crippen molar-refractivity contribution in [2.24, 2.45) is 0 Å². The van der Waals surface area contributed by atoms with Crippen LogP contribution in [0.15, 0.2) is 6.07 Å². The van der Waals surface area contributed by atoms with Gasteiger partial charge in [0.25, 0.3) is 0 Å². The minimum atomic E-state index is -4.22. The molecule has 0 N–H and O–H groups in total. The molecule has 4 heteroatoms. The molecule has 0 amide bonds. The molecule has 2 rings (SSSR count). The highest BCUT2D eigenvalue weighted by atomic mass is 19.4. The monoisotopic (exact) mass is 231 g/mol. The van der Waals surface area contributed by atoms with Crippen molar-refractivity contribution in [2.75, 3.05) is 0 Å². The zero-order valence-corrected chi connectivity index (χ0v) is 9.56. The van der Waals surface area contributed by atoms with Gasteiger partial charge in [-0.25, -0.2) is 0 Å². The summed E-state index contributed by atoms with van der Waals surface area (Å²) in [6.45, 7) is 4.39. The molecule has 0 bridgehead atoms. The molecule has 0 spiro atoms. The van der Waals surface area contributed by atoms with Crippen LogP contribution in [0.4, 0.5) is 13.2 Å². The quantitative estimate of drug-likeness (QED) is 0.689. The molecular formula is C12H16F3N. The molecule has 0 unspecified atom stereocenters. The maximum absolute atomic E-state index is 12.9. The van der Waals surface area contributed by atoms with Crippen LogP contribution < -0.4 is 0 Å².